The molecule has 1 saturated carbocycles. The predicted molar refractivity (Wildman–Crippen MR) is 71.4 cm³/mol. The Balaban J connectivity index is 1.82. The number of hydrogen-bond donors (Lipinski definition) is 1. The van der Waals surface area contributed by atoms with Crippen molar-refractivity contribution in [1.29, 1.82) is 0 Å². The molecule has 0 aliphatic heterocycles. The van der Waals surface area contributed by atoms with Crippen LogP contribution in [0.1, 0.15) is 18.4 Å². The summed E-state index contributed by atoms with van der Waals surface area (Å²) in [5, 5.41) is 2.57. The number of halogens is 1. The van der Waals surface area contributed by atoms with Crippen LogP contribution in [0, 0.1) is 0 Å². The molecule has 0 heterocycles. The lowest BCUT2D eigenvalue weighted by atomic mass is 10.2. The van der Waals surface area contributed by atoms with Crippen LogP contribution in [0.3, 0.4) is 0 Å². The highest BCUT2D eigenvalue weighted by Gasteiger charge is 2.47. The molecule has 1 N–H and O–H groups in total. The second kappa shape index (κ2) is 5.38. The summed E-state index contributed by atoms with van der Waals surface area (Å²) in [5.74, 6) is -0.262. The van der Waals surface area contributed by atoms with Gasteiger partial charge in [0.05, 0.1) is 11.3 Å². The molecule has 2 rings (SSSR count). The quantitative estimate of drug-likeness (QED) is 0.845. The first-order valence-corrected chi connectivity index (χ1v) is 8.28. The van der Waals surface area contributed by atoms with Crippen LogP contribution in [0.15, 0.2) is 30.3 Å². The van der Waals surface area contributed by atoms with Crippen molar-refractivity contribution < 1.29 is 17.9 Å². The molecule has 1 aromatic carbocycles. The van der Waals surface area contributed by atoms with Crippen LogP contribution in [-0.4, -0.2) is 25.8 Å². The van der Waals surface area contributed by atoms with Crippen LogP contribution < -0.4 is 5.32 Å². The summed E-state index contributed by atoms with van der Waals surface area (Å²) in [7, 11) is 1.56. The fourth-order valence-corrected chi connectivity index (χ4v) is 3.41. The van der Waals surface area contributed by atoms with Crippen LogP contribution in [0.25, 0.3) is 0 Å². The summed E-state index contributed by atoms with van der Waals surface area (Å²) in [4.78, 5) is 11.6. The fraction of sp³-hybridized carbons (Fsp3) is 0.417. The zero-order valence-corrected chi connectivity index (χ0v) is 11.7. The summed E-state index contributed by atoms with van der Waals surface area (Å²) in [6.07, 6.45) is 0.570. The van der Waals surface area contributed by atoms with Crippen molar-refractivity contribution >= 4 is 25.8 Å². The van der Waals surface area contributed by atoms with Crippen molar-refractivity contribution in [2.75, 3.05) is 5.75 Å². The molecule has 7 heteroatoms. The van der Waals surface area contributed by atoms with Gasteiger partial charge in [-0.15, -0.1) is 0 Å². The maximum atomic E-state index is 11.6. The maximum Gasteiger partial charge on any atom is 0.407 e. The van der Waals surface area contributed by atoms with Gasteiger partial charge >= 0.3 is 6.09 Å². The minimum Gasteiger partial charge on any atom is -0.445 e. The third-order valence-corrected chi connectivity index (χ3v) is 4.11. The molecule has 0 unspecified atom stereocenters. The van der Waals surface area contributed by atoms with Crippen molar-refractivity contribution in [3.05, 3.63) is 35.9 Å². The fourth-order valence-electron chi connectivity index (χ4n) is 1.76. The van der Waals surface area contributed by atoms with Crippen LogP contribution in [0.4, 0.5) is 4.79 Å². The first-order valence-electron chi connectivity index (χ1n) is 5.80. The first-order chi connectivity index (χ1) is 8.89. The second-order valence-electron chi connectivity index (χ2n) is 4.65. The topological polar surface area (TPSA) is 72.5 Å². The highest BCUT2D eigenvalue weighted by atomic mass is 35.7. The Morgan fingerprint density at radius 2 is 1.95 bits per heavy atom. The van der Waals surface area contributed by atoms with Gasteiger partial charge in [0.1, 0.15) is 6.61 Å². The molecule has 1 aliphatic carbocycles. The number of nitrogens with one attached hydrogen (secondary N) is 1. The minimum atomic E-state index is -3.63. The molecule has 0 aromatic heterocycles. The standard InChI is InChI=1S/C12H14ClNO4S/c13-19(16,17)9-12(6-7-12)14-11(15)18-8-10-4-2-1-3-5-10/h1-5H,6-9H2,(H,14,15). The van der Waals surface area contributed by atoms with Gasteiger partial charge in [-0.05, 0) is 18.4 Å². The number of alkyl carbamates (subject to hydrolysis) is 1. The third kappa shape index (κ3) is 4.72. The average molecular weight is 304 g/mol. The van der Waals surface area contributed by atoms with E-state index in [1.807, 2.05) is 30.3 Å². The van der Waals surface area contributed by atoms with E-state index in [1.165, 1.54) is 0 Å². The number of carbonyl (C=O) groups is 1. The van der Waals surface area contributed by atoms with Crippen LogP contribution in [0.5, 0.6) is 0 Å². The average Bonchev–Trinajstić information content (AvgIpc) is 3.04. The number of benzene rings is 1. The molecular weight excluding hydrogens is 290 g/mol. The maximum absolute atomic E-state index is 11.6. The monoisotopic (exact) mass is 303 g/mol. The van der Waals surface area contributed by atoms with E-state index >= 15 is 0 Å². The van der Waals surface area contributed by atoms with Crippen LogP contribution >= 0.6 is 10.7 Å². The molecule has 104 valence electrons. The molecule has 1 aliphatic rings. The number of ether oxygens (including phenoxy) is 1. The molecule has 1 aromatic rings. The van der Waals surface area contributed by atoms with E-state index < -0.39 is 20.7 Å². The molecule has 1 amide bonds. The summed E-state index contributed by atoms with van der Waals surface area (Å²) in [6, 6.07) is 9.24. The van der Waals surface area contributed by atoms with E-state index in [2.05, 4.69) is 5.32 Å². The van der Waals surface area contributed by atoms with Crippen molar-refractivity contribution in [3.63, 3.8) is 0 Å². The summed E-state index contributed by atoms with van der Waals surface area (Å²) < 4.78 is 27.1. The smallest absolute Gasteiger partial charge is 0.407 e. The Hall–Kier alpha value is -1.27. The summed E-state index contributed by atoms with van der Waals surface area (Å²) in [6.45, 7) is 0.149. The Bertz CT molecular complexity index is 554. The van der Waals surface area contributed by atoms with Gasteiger partial charge in [0, 0.05) is 10.7 Å². The van der Waals surface area contributed by atoms with E-state index in [4.69, 9.17) is 15.4 Å². The van der Waals surface area contributed by atoms with Gasteiger partial charge < -0.3 is 10.1 Å². The van der Waals surface area contributed by atoms with Gasteiger partial charge in [-0.1, -0.05) is 30.3 Å². The lowest BCUT2D eigenvalue weighted by Gasteiger charge is -2.15. The SMILES string of the molecule is O=C(NC1(CS(=O)(=O)Cl)CC1)OCc1ccccc1. The van der Waals surface area contributed by atoms with Gasteiger partial charge in [-0.3, -0.25) is 0 Å². The van der Waals surface area contributed by atoms with Gasteiger partial charge in [-0.25, -0.2) is 13.2 Å². The molecule has 19 heavy (non-hydrogen) atoms. The second-order valence-corrected chi connectivity index (χ2v) is 7.43. The first kappa shape index (κ1) is 14.1. The zero-order chi connectivity index (χ0) is 13.9. The highest BCUT2D eigenvalue weighted by Crippen LogP contribution is 2.37. The summed E-state index contributed by atoms with van der Waals surface area (Å²) >= 11 is 0. The molecule has 0 radical (unpaired) electrons. The van der Waals surface area contributed by atoms with Crippen LogP contribution in [0.2, 0.25) is 0 Å². The van der Waals surface area contributed by atoms with Crippen molar-refractivity contribution in [1.82, 2.24) is 5.32 Å². The number of amides is 1. The Morgan fingerprint density at radius 3 is 2.47 bits per heavy atom. The van der Waals surface area contributed by atoms with Gasteiger partial charge in [0.2, 0.25) is 9.05 Å². The molecule has 0 bridgehead atoms. The van der Waals surface area contributed by atoms with Gasteiger partial charge in [-0.2, -0.15) is 0 Å². The summed E-state index contributed by atoms with van der Waals surface area (Å²) in [5.41, 5.74) is 0.126. The number of rotatable bonds is 5. The van der Waals surface area contributed by atoms with Crippen LogP contribution in [-0.2, 0) is 20.4 Å². The van der Waals surface area contributed by atoms with E-state index in [1.54, 1.807) is 0 Å². The molecular formula is C12H14ClNO4S. The van der Waals surface area contributed by atoms with E-state index in [-0.39, 0.29) is 12.4 Å². The van der Waals surface area contributed by atoms with Gasteiger partial charge in [0.15, 0.2) is 0 Å². The number of hydrogen-bond acceptors (Lipinski definition) is 4. The van der Waals surface area contributed by atoms with E-state index in [0.717, 1.165) is 5.56 Å². The van der Waals surface area contributed by atoms with E-state index in [9.17, 15) is 13.2 Å². The minimum absolute atomic E-state index is 0.149. The highest BCUT2D eigenvalue weighted by molar-refractivity contribution is 8.13. The Morgan fingerprint density at radius 1 is 1.32 bits per heavy atom. The lowest BCUT2D eigenvalue weighted by Crippen LogP contribution is -2.41. The molecule has 1 fully saturated rings. The van der Waals surface area contributed by atoms with Crippen molar-refractivity contribution in [2.24, 2.45) is 0 Å². The normalized spacial score (nSPS) is 16.7. The third-order valence-electron chi connectivity index (χ3n) is 2.88. The van der Waals surface area contributed by atoms with Crippen molar-refractivity contribution in [2.45, 2.75) is 25.0 Å². The molecule has 0 atom stereocenters. The predicted octanol–water partition coefficient (Wildman–Crippen LogP) is 2.01. The molecule has 5 nitrogen and oxygen atoms in total. The molecule has 0 saturated heterocycles. The largest absolute Gasteiger partial charge is 0.445 e. The Labute approximate surface area is 116 Å². The van der Waals surface area contributed by atoms with E-state index in [0.29, 0.717) is 12.8 Å². The lowest BCUT2D eigenvalue weighted by molar-refractivity contribution is 0.135. The van der Waals surface area contributed by atoms with Gasteiger partial charge in [0.25, 0.3) is 0 Å². The Kier molecular flexibility index (Phi) is 4.01. The zero-order valence-electron chi connectivity index (χ0n) is 10.1. The van der Waals surface area contributed by atoms with Crippen molar-refractivity contribution in [3.8, 4) is 0 Å². The molecule has 0 spiro atoms. The number of carbonyl (C=O) groups excluding carboxylic acids is 1.